The van der Waals surface area contributed by atoms with Crippen LogP contribution in [0.15, 0.2) is 53.5 Å². The second-order valence-electron chi connectivity index (χ2n) is 5.60. The van der Waals surface area contributed by atoms with Gasteiger partial charge >= 0.3 is 0 Å². The van der Waals surface area contributed by atoms with Crippen molar-refractivity contribution < 1.29 is 4.79 Å². The van der Waals surface area contributed by atoms with Gasteiger partial charge in [0, 0.05) is 29.4 Å². The Morgan fingerprint density at radius 3 is 2.23 bits per heavy atom. The number of halogens is 2. The van der Waals surface area contributed by atoms with Crippen molar-refractivity contribution in [2.24, 2.45) is 10.7 Å². The minimum atomic E-state index is -0.0563. The van der Waals surface area contributed by atoms with Crippen LogP contribution in [0.3, 0.4) is 0 Å². The molecular formula is C19H24ClIN4O. The highest BCUT2D eigenvalue weighted by Gasteiger charge is 2.02. The summed E-state index contributed by atoms with van der Waals surface area (Å²) in [7, 11) is 0. The highest BCUT2D eigenvalue weighted by Crippen LogP contribution is 2.13. The third-order valence-electron chi connectivity index (χ3n) is 3.61. The topological polar surface area (TPSA) is 79.5 Å². The normalized spacial score (nSPS) is 10.8. The number of carbonyl (C=O) groups is 1. The molecule has 2 rings (SSSR count). The summed E-state index contributed by atoms with van der Waals surface area (Å²) in [5, 5.41) is 6.49. The minimum absolute atomic E-state index is 0. The maximum absolute atomic E-state index is 11.9. The van der Waals surface area contributed by atoms with Crippen molar-refractivity contribution in [1.29, 1.82) is 0 Å². The number of hydrogen-bond donors (Lipinski definition) is 3. The van der Waals surface area contributed by atoms with Gasteiger partial charge in [0.05, 0.1) is 0 Å². The summed E-state index contributed by atoms with van der Waals surface area (Å²) in [5.41, 5.74) is 8.76. The number of rotatable bonds is 7. The van der Waals surface area contributed by atoms with Gasteiger partial charge in [0.25, 0.3) is 0 Å². The SMILES string of the molecule is CCc1ccc(NC(N)=NCCCC(=O)Nc2ccc(Cl)cc2)cc1.I. The van der Waals surface area contributed by atoms with Crippen molar-refractivity contribution in [3.05, 3.63) is 59.1 Å². The minimum Gasteiger partial charge on any atom is -0.370 e. The van der Waals surface area contributed by atoms with Crippen molar-refractivity contribution >= 4 is 58.8 Å². The fraction of sp³-hybridized carbons (Fsp3) is 0.263. The quantitative estimate of drug-likeness (QED) is 0.230. The van der Waals surface area contributed by atoms with Crippen molar-refractivity contribution in [3.8, 4) is 0 Å². The largest absolute Gasteiger partial charge is 0.370 e. The Kier molecular flexibility index (Phi) is 10.0. The van der Waals surface area contributed by atoms with E-state index in [1.165, 1.54) is 5.56 Å². The highest BCUT2D eigenvalue weighted by molar-refractivity contribution is 14.0. The zero-order valence-corrected chi connectivity index (χ0v) is 17.8. The van der Waals surface area contributed by atoms with Gasteiger partial charge in [-0.3, -0.25) is 9.79 Å². The van der Waals surface area contributed by atoms with E-state index in [1.807, 2.05) is 12.1 Å². The van der Waals surface area contributed by atoms with E-state index in [1.54, 1.807) is 24.3 Å². The number of aryl methyl sites for hydroxylation is 1. The van der Waals surface area contributed by atoms with Gasteiger partial charge in [-0.15, -0.1) is 24.0 Å². The predicted molar refractivity (Wildman–Crippen MR) is 121 cm³/mol. The van der Waals surface area contributed by atoms with Gasteiger partial charge in [0.2, 0.25) is 5.91 Å². The molecule has 26 heavy (non-hydrogen) atoms. The number of carbonyl (C=O) groups excluding carboxylic acids is 1. The lowest BCUT2D eigenvalue weighted by Crippen LogP contribution is -2.23. The number of guanidine groups is 1. The molecule has 1 amide bonds. The lowest BCUT2D eigenvalue weighted by Gasteiger charge is -2.07. The summed E-state index contributed by atoms with van der Waals surface area (Å²) >= 11 is 5.81. The van der Waals surface area contributed by atoms with Gasteiger partial charge in [-0.25, -0.2) is 0 Å². The maximum Gasteiger partial charge on any atom is 0.224 e. The van der Waals surface area contributed by atoms with Gasteiger partial charge in [0.15, 0.2) is 5.96 Å². The molecule has 0 aliphatic heterocycles. The Labute approximate surface area is 176 Å². The molecule has 0 radical (unpaired) electrons. The van der Waals surface area contributed by atoms with Crippen LogP contribution in [-0.2, 0) is 11.2 Å². The average Bonchev–Trinajstić information content (AvgIpc) is 2.61. The lowest BCUT2D eigenvalue weighted by atomic mass is 10.1. The molecule has 0 heterocycles. The molecule has 0 saturated heterocycles. The molecular weight excluding hydrogens is 463 g/mol. The Bertz CT molecular complexity index is 717. The lowest BCUT2D eigenvalue weighted by molar-refractivity contribution is -0.116. The van der Waals surface area contributed by atoms with Gasteiger partial charge in [0.1, 0.15) is 0 Å². The van der Waals surface area contributed by atoms with Crippen molar-refractivity contribution in [2.75, 3.05) is 17.2 Å². The maximum atomic E-state index is 11.9. The highest BCUT2D eigenvalue weighted by atomic mass is 127. The van der Waals surface area contributed by atoms with Crippen LogP contribution in [0.1, 0.15) is 25.3 Å². The zero-order chi connectivity index (χ0) is 18.1. The average molecular weight is 487 g/mol. The van der Waals surface area contributed by atoms with E-state index in [4.69, 9.17) is 17.3 Å². The number of nitrogens with zero attached hydrogens (tertiary/aromatic N) is 1. The number of amides is 1. The van der Waals surface area contributed by atoms with Crippen molar-refractivity contribution in [2.45, 2.75) is 26.2 Å². The molecule has 5 nitrogen and oxygen atoms in total. The van der Waals surface area contributed by atoms with Crippen LogP contribution in [0, 0.1) is 0 Å². The van der Waals surface area contributed by atoms with Gasteiger partial charge in [-0.2, -0.15) is 0 Å². The molecule has 4 N–H and O–H groups in total. The molecule has 0 aliphatic rings. The van der Waals surface area contributed by atoms with Crippen molar-refractivity contribution in [3.63, 3.8) is 0 Å². The monoisotopic (exact) mass is 486 g/mol. The fourth-order valence-corrected chi connectivity index (χ4v) is 2.33. The van der Waals surface area contributed by atoms with Gasteiger partial charge in [-0.1, -0.05) is 30.7 Å². The summed E-state index contributed by atoms with van der Waals surface area (Å²) in [6.07, 6.45) is 2.00. The number of nitrogens with two attached hydrogens (primary N) is 1. The number of anilines is 2. The van der Waals surface area contributed by atoms with Gasteiger partial charge < -0.3 is 16.4 Å². The van der Waals surface area contributed by atoms with E-state index in [9.17, 15) is 4.79 Å². The summed E-state index contributed by atoms with van der Waals surface area (Å²) in [6, 6.07) is 15.1. The van der Waals surface area contributed by atoms with Gasteiger partial charge in [-0.05, 0) is 54.8 Å². The summed E-state index contributed by atoms with van der Waals surface area (Å²) in [4.78, 5) is 16.1. The standard InChI is InChI=1S/C19H23ClN4O.HI/c1-2-14-5-9-17(10-6-14)24-19(21)22-13-3-4-18(25)23-16-11-7-15(20)8-12-16;/h5-12H,2-4,13H2,1H3,(H,23,25)(H3,21,22,24);1H. The third-order valence-corrected chi connectivity index (χ3v) is 3.86. The predicted octanol–water partition coefficient (Wildman–Crippen LogP) is 4.67. The molecule has 7 heteroatoms. The first-order chi connectivity index (χ1) is 12.1. The first-order valence-corrected chi connectivity index (χ1v) is 8.66. The van der Waals surface area contributed by atoms with E-state index in [2.05, 4.69) is 34.7 Å². The van der Waals surface area contributed by atoms with Crippen LogP contribution in [0.5, 0.6) is 0 Å². The Hall–Kier alpha value is -1.80. The van der Waals surface area contributed by atoms with E-state index < -0.39 is 0 Å². The first-order valence-electron chi connectivity index (χ1n) is 8.28. The van der Waals surface area contributed by atoms with E-state index >= 15 is 0 Å². The van der Waals surface area contributed by atoms with Crippen LogP contribution < -0.4 is 16.4 Å². The molecule has 0 bridgehead atoms. The van der Waals surface area contributed by atoms with E-state index in [0.29, 0.717) is 30.4 Å². The van der Waals surface area contributed by atoms with E-state index in [0.717, 1.165) is 17.8 Å². The van der Waals surface area contributed by atoms with Crippen LogP contribution in [-0.4, -0.2) is 18.4 Å². The van der Waals surface area contributed by atoms with Crippen LogP contribution in [0.25, 0.3) is 0 Å². The number of benzene rings is 2. The smallest absolute Gasteiger partial charge is 0.224 e. The molecule has 0 aromatic heterocycles. The number of hydrogen-bond acceptors (Lipinski definition) is 2. The van der Waals surface area contributed by atoms with Crippen LogP contribution >= 0.6 is 35.6 Å². The second-order valence-corrected chi connectivity index (χ2v) is 6.04. The summed E-state index contributed by atoms with van der Waals surface area (Å²) < 4.78 is 0. The molecule has 2 aromatic carbocycles. The van der Waals surface area contributed by atoms with Crippen LogP contribution in [0.4, 0.5) is 11.4 Å². The first kappa shape index (κ1) is 22.2. The second kappa shape index (κ2) is 11.7. The summed E-state index contributed by atoms with van der Waals surface area (Å²) in [6.45, 7) is 2.60. The molecule has 0 aliphatic carbocycles. The Morgan fingerprint density at radius 2 is 1.62 bits per heavy atom. The van der Waals surface area contributed by atoms with Crippen LogP contribution in [0.2, 0.25) is 5.02 Å². The molecule has 0 atom stereocenters. The fourth-order valence-electron chi connectivity index (χ4n) is 2.21. The van der Waals surface area contributed by atoms with Crippen molar-refractivity contribution in [1.82, 2.24) is 0 Å². The number of aliphatic imine (C=N–C) groups is 1. The molecule has 0 saturated carbocycles. The Morgan fingerprint density at radius 1 is 1.04 bits per heavy atom. The third kappa shape index (κ3) is 8.05. The number of nitrogens with one attached hydrogen (secondary N) is 2. The molecule has 0 fully saturated rings. The molecule has 140 valence electrons. The Balaban J connectivity index is 0.00000338. The molecule has 0 unspecified atom stereocenters. The molecule has 2 aromatic rings. The summed E-state index contributed by atoms with van der Waals surface area (Å²) in [5.74, 6) is 0.293. The molecule has 0 spiro atoms. The zero-order valence-electron chi connectivity index (χ0n) is 14.7. The van der Waals surface area contributed by atoms with E-state index in [-0.39, 0.29) is 29.9 Å².